The topological polar surface area (TPSA) is 89.3 Å². The molecule has 1 amide bonds. The number of halogens is 1. The number of amides is 1. The molecule has 0 aliphatic rings. The van der Waals surface area contributed by atoms with Gasteiger partial charge in [-0.05, 0) is 31.5 Å². The van der Waals surface area contributed by atoms with E-state index in [0.29, 0.717) is 6.42 Å². The summed E-state index contributed by atoms with van der Waals surface area (Å²) in [5, 5.41) is 1.61. The fourth-order valence-electron chi connectivity index (χ4n) is 1.40. The van der Waals surface area contributed by atoms with Crippen LogP contribution in [0.15, 0.2) is 18.2 Å². The van der Waals surface area contributed by atoms with Crippen LogP contribution in [-0.4, -0.2) is 25.3 Å². The van der Waals surface area contributed by atoms with Crippen molar-refractivity contribution in [3.05, 3.63) is 24.0 Å². The second-order valence-electron chi connectivity index (χ2n) is 4.31. The van der Waals surface area contributed by atoms with Gasteiger partial charge in [-0.3, -0.25) is 4.79 Å². The number of hydrogen-bond donors (Lipinski definition) is 2. The molecular formula is C12H17FN2O3S. The van der Waals surface area contributed by atoms with Crippen LogP contribution in [-0.2, 0) is 14.6 Å². The highest BCUT2D eigenvalue weighted by Gasteiger charge is 2.23. The molecule has 7 heteroatoms. The number of nitrogens with one attached hydrogen (secondary N) is 1. The van der Waals surface area contributed by atoms with Crippen LogP contribution in [0, 0.1) is 5.82 Å². The lowest BCUT2D eigenvalue weighted by molar-refractivity contribution is -0.113. The van der Waals surface area contributed by atoms with Crippen molar-refractivity contribution in [1.82, 2.24) is 0 Å². The molecule has 1 atom stereocenters. The molecule has 0 saturated carbocycles. The van der Waals surface area contributed by atoms with E-state index in [1.54, 1.807) is 6.92 Å². The van der Waals surface area contributed by atoms with Crippen molar-refractivity contribution in [2.45, 2.75) is 25.5 Å². The van der Waals surface area contributed by atoms with Crippen molar-refractivity contribution in [3.8, 4) is 0 Å². The smallest absolute Gasteiger partial charge is 0.239 e. The lowest BCUT2D eigenvalue weighted by atomic mass is 10.2. The Morgan fingerprint density at radius 2 is 2.11 bits per heavy atom. The monoisotopic (exact) mass is 288 g/mol. The summed E-state index contributed by atoms with van der Waals surface area (Å²) in [4.78, 5) is 11.6. The Morgan fingerprint density at radius 1 is 1.47 bits per heavy atom. The number of nitrogen functional groups attached to an aromatic ring is 1. The predicted octanol–water partition coefficient (Wildman–Crippen LogP) is 1.56. The molecule has 1 aromatic carbocycles. The Hall–Kier alpha value is -1.63. The van der Waals surface area contributed by atoms with E-state index in [2.05, 4.69) is 5.32 Å². The average Bonchev–Trinajstić information content (AvgIpc) is 2.32. The van der Waals surface area contributed by atoms with Gasteiger partial charge in [-0.15, -0.1) is 0 Å². The number of rotatable bonds is 5. The third-order valence-electron chi connectivity index (χ3n) is 2.78. The third-order valence-corrected chi connectivity index (χ3v) is 5.01. The van der Waals surface area contributed by atoms with Crippen LogP contribution in [0.3, 0.4) is 0 Å². The Kier molecular flexibility index (Phi) is 4.88. The van der Waals surface area contributed by atoms with Gasteiger partial charge in [-0.25, -0.2) is 12.8 Å². The molecule has 0 saturated heterocycles. The summed E-state index contributed by atoms with van der Waals surface area (Å²) in [6.07, 6.45) is 0.419. The highest BCUT2D eigenvalue weighted by molar-refractivity contribution is 7.92. The minimum Gasteiger partial charge on any atom is -0.399 e. The van der Waals surface area contributed by atoms with Gasteiger partial charge >= 0.3 is 0 Å². The molecule has 0 aliphatic heterocycles. The lowest BCUT2D eigenvalue weighted by Crippen LogP contribution is -2.29. The zero-order valence-electron chi connectivity index (χ0n) is 10.8. The SMILES string of the molecule is CCC(C)S(=O)(=O)CC(=O)Nc1cc(N)ccc1F. The quantitative estimate of drug-likeness (QED) is 0.805. The molecule has 0 radical (unpaired) electrons. The second kappa shape index (κ2) is 6.01. The van der Waals surface area contributed by atoms with Crippen molar-refractivity contribution in [2.24, 2.45) is 0 Å². The first-order chi connectivity index (χ1) is 8.76. The van der Waals surface area contributed by atoms with Crippen LogP contribution in [0.2, 0.25) is 0 Å². The molecule has 0 bridgehead atoms. The molecule has 0 aliphatic carbocycles. The summed E-state index contributed by atoms with van der Waals surface area (Å²) in [6.45, 7) is 3.25. The molecular weight excluding hydrogens is 271 g/mol. The Bertz CT molecular complexity index is 572. The van der Waals surface area contributed by atoms with Gasteiger partial charge in [0, 0.05) is 5.69 Å². The molecule has 106 valence electrons. The highest BCUT2D eigenvalue weighted by Crippen LogP contribution is 2.17. The lowest BCUT2D eigenvalue weighted by Gasteiger charge is -2.11. The number of hydrogen-bond acceptors (Lipinski definition) is 4. The van der Waals surface area contributed by atoms with E-state index in [4.69, 9.17) is 5.73 Å². The number of carbonyl (C=O) groups is 1. The Morgan fingerprint density at radius 3 is 2.68 bits per heavy atom. The maximum atomic E-state index is 13.4. The number of sulfone groups is 1. The fourth-order valence-corrected chi connectivity index (χ4v) is 2.63. The van der Waals surface area contributed by atoms with E-state index in [9.17, 15) is 17.6 Å². The van der Waals surface area contributed by atoms with Crippen molar-refractivity contribution < 1.29 is 17.6 Å². The number of carbonyl (C=O) groups excluding carboxylic acids is 1. The van der Waals surface area contributed by atoms with Crippen LogP contribution >= 0.6 is 0 Å². The van der Waals surface area contributed by atoms with Gasteiger partial charge in [0.25, 0.3) is 0 Å². The van der Waals surface area contributed by atoms with Crippen LogP contribution in [0.4, 0.5) is 15.8 Å². The van der Waals surface area contributed by atoms with Gasteiger partial charge in [0.15, 0.2) is 9.84 Å². The van der Waals surface area contributed by atoms with Gasteiger partial charge in [0.1, 0.15) is 11.6 Å². The van der Waals surface area contributed by atoms with E-state index >= 15 is 0 Å². The summed E-state index contributed by atoms with van der Waals surface area (Å²) >= 11 is 0. The Labute approximate surface area is 111 Å². The minimum absolute atomic E-state index is 0.121. The van der Waals surface area contributed by atoms with Gasteiger partial charge in [0.2, 0.25) is 5.91 Å². The van der Waals surface area contributed by atoms with Gasteiger partial charge in [0.05, 0.1) is 10.9 Å². The predicted molar refractivity (Wildman–Crippen MR) is 73.0 cm³/mol. The van der Waals surface area contributed by atoms with Gasteiger partial charge in [-0.2, -0.15) is 0 Å². The summed E-state index contributed by atoms with van der Waals surface area (Å²) < 4.78 is 36.8. The minimum atomic E-state index is -3.52. The fraction of sp³-hybridized carbons (Fsp3) is 0.417. The Balaban J connectivity index is 2.79. The molecule has 1 aromatic rings. The first-order valence-corrected chi connectivity index (χ1v) is 7.54. The van der Waals surface area contributed by atoms with Crippen LogP contribution < -0.4 is 11.1 Å². The van der Waals surface area contributed by atoms with E-state index < -0.39 is 32.6 Å². The zero-order chi connectivity index (χ0) is 14.6. The molecule has 0 heterocycles. The summed E-state index contributed by atoms with van der Waals surface area (Å²) in [5.41, 5.74) is 5.62. The molecule has 0 spiro atoms. The van der Waals surface area contributed by atoms with E-state index in [0.717, 1.165) is 6.07 Å². The first kappa shape index (κ1) is 15.4. The maximum absolute atomic E-state index is 13.4. The zero-order valence-corrected chi connectivity index (χ0v) is 11.6. The van der Waals surface area contributed by atoms with Crippen molar-refractivity contribution >= 4 is 27.1 Å². The van der Waals surface area contributed by atoms with Crippen molar-refractivity contribution in [1.29, 1.82) is 0 Å². The molecule has 0 fully saturated rings. The molecule has 3 N–H and O–H groups in total. The van der Waals surface area contributed by atoms with Crippen LogP contribution in [0.25, 0.3) is 0 Å². The van der Waals surface area contributed by atoms with Gasteiger partial charge in [-0.1, -0.05) is 6.92 Å². The molecule has 5 nitrogen and oxygen atoms in total. The number of nitrogens with two attached hydrogens (primary N) is 1. The maximum Gasteiger partial charge on any atom is 0.239 e. The summed E-state index contributed by atoms with van der Waals surface area (Å²) in [7, 11) is -3.52. The molecule has 1 unspecified atom stereocenters. The average molecular weight is 288 g/mol. The third kappa shape index (κ3) is 4.20. The first-order valence-electron chi connectivity index (χ1n) is 5.82. The van der Waals surface area contributed by atoms with Crippen molar-refractivity contribution in [3.63, 3.8) is 0 Å². The molecule has 1 rings (SSSR count). The standard InChI is InChI=1S/C12H17FN2O3S/c1-3-8(2)19(17,18)7-12(16)15-11-6-9(14)4-5-10(11)13/h4-6,8H,3,7,14H2,1-2H3,(H,15,16). The number of anilines is 2. The van der Waals surface area contributed by atoms with Gasteiger partial charge < -0.3 is 11.1 Å². The number of benzene rings is 1. The second-order valence-corrected chi connectivity index (χ2v) is 6.73. The van der Waals surface area contributed by atoms with Crippen LogP contribution in [0.5, 0.6) is 0 Å². The normalized spacial score (nSPS) is 13.0. The van der Waals surface area contributed by atoms with E-state index in [1.807, 2.05) is 0 Å². The van der Waals surface area contributed by atoms with E-state index in [1.165, 1.54) is 19.1 Å². The summed E-state index contributed by atoms with van der Waals surface area (Å²) in [5.74, 6) is -2.11. The van der Waals surface area contributed by atoms with E-state index in [-0.39, 0.29) is 11.4 Å². The van der Waals surface area contributed by atoms with Crippen molar-refractivity contribution in [2.75, 3.05) is 16.8 Å². The molecule has 19 heavy (non-hydrogen) atoms. The van der Waals surface area contributed by atoms with Crippen LogP contribution in [0.1, 0.15) is 20.3 Å². The highest BCUT2D eigenvalue weighted by atomic mass is 32.2. The largest absolute Gasteiger partial charge is 0.399 e. The molecule has 0 aromatic heterocycles. The summed E-state index contributed by atoms with van der Waals surface area (Å²) in [6, 6.07) is 3.69.